The average molecular weight is 222 g/mol. The lowest BCUT2D eigenvalue weighted by Gasteiger charge is -2.14. The van der Waals surface area contributed by atoms with E-state index in [1.165, 1.54) is 5.56 Å². The zero-order valence-electron chi connectivity index (χ0n) is 9.59. The summed E-state index contributed by atoms with van der Waals surface area (Å²) in [4.78, 5) is 10.5. The highest BCUT2D eigenvalue weighted by atomic mass is 16.7. The maximum Gasteiger partial charge on any atom is 0.146 e. The third kappa shape index (κ3) is 5.05. The van der Waals surface area contributed by atoms with Crippen LogP contribution in [0.15, 0.2) is 30.3 Å². The molecule has 0 saturated carbocycles. The van der Waals surface area contributed by atoms with Crippen LogP contribution in [0.5, 0.6) is 0 Å². The molecule has 0 bridgehead atoms. The third-order valence-corrected chi connectivity index (χ3v) is 2.38. The van der Waals surface area contributed by atoms with E-state index in [-0.39, 0.29) is 12.9 Å². The van der Waals surface area contributed by atoms with Crippen LogP contribution in [0.4, 0.5) is 0 Å². The molecule has 88 valence electrons. The number of hydrogen-bond acceptors (Lipinski definition) is 3. The Kier molecular flexibility index (Phi) is 6.45. The fraction of sp³-hybridized carbons (Fsp3) is 0.462. The predicted molar refractivity (Wildman–Crippen MR) is 62.2 cm³/mol. The number of rotatable bonds is 8. The van der Waals surface area contributed by atoms with E-state index in [0.29, 0.717) is 6.42 Å². The first-order valence-electron chi connectivity index (χ1n) is 5.45. The van der Waals surface area contributed by atoms with Gasteiger partial charge in [-0.2, -0.15) is 0 Å². The standard InChI is InChI=1S/C13H18O3/c1-15-11-16-13(9-10-14)8-7-12-5-3-2-4-6-12/h2-6,10,13H,7-9,11H2,1H3. The van der Waals surface area contributed by atoms with Crippen LogP contribution in [0.1, 0.15) is 18.4 Å². The highest BCUT2D eigenvalue weighted by Crippen LogP contribution is 2.09. The number of benzene rings is 1. The Hall–Kier alpha value is -1.19. The van der Waals surface area contributed by atoms with Crippen molar-refractivity contribution in [3.05, 3.63) is 35.9 Å². The van der Waals surface area contributed by atoms with Crippen LogP contribution in [0.2, 0.25) is 0 Å². The zero-order chi connectivity index (χ0) is 11.6. The molecule has 3 nitrogen and oxygen atoms in total. The van der Waals surface area contributed by atoms with Crippen molar-refractivity contribution in [2.24, 2.45) is 0 Å². The molecule has 1 rings (SSSR count). The third-order valence-electron chi connectivity index (χ3n) is 2.38. The summed E-state index contributed by atoms with van der Waals surface area (Å²) in [6.45, 7) is 0.243. The molecule has 1 unspecified atom stereocenters. The van der Waals surface area contributed by atoms with E-state index in [2.05, 4.69) is 12.1 Å². The van der Waals surface area contributed by atoms with Gasteiger partial charge in [0.05, 0.1) is 6.10 Å². The van der Waals surface area contributed by atoms with Crippen LogP contribution < -0.4 is 0 Å². The first-order chi connectivity index (χ1) is 7.86. The second-order valence-electron chi connectivity index (χ2n) is 3.62. The Labute approximate surface area is 96.4 Å². The highest BCUT2D eigenvalue weighted by molar-refractivity contribution is 5.50. The second-order valence-corrected chi connectivity index (χ2v) is 3.62. The molecule has 0 aliphatic heterocycles. The normalized spacial score (nSPS) is 12.3. The Balaban J connectivity index is 2.34. The van der Waals surface area contributed by atoms with E-state index in [0.717, 1.165) is 19.1 Å². The zero-order valence-corrected chi connectivity index (χ0v) is 9.59. The molecular formula is C13H18O3. The molecule has 0 aliphatic rings. The molecule has 3 heteroatoms. The average Bonchev–Trinajstić information content (AvgIpc) is 2.34. The van der Waals surface area contributed by atoms with Crippen molar-refractivity contribution in [1.82, 2.24) is 0 Å². The molecule has 0 aliphatic carbocycles. The number of ether oxygens (including phenoxy) is 2. The summed E-state index contributed by atoms with van der Waals surface area (Å²) < 4.78 is 10.2. The van der Waals surface area contributed by atoms with E-state index in [4.69, 9.17) is 9.47 Å². The lowest BCUT2D eigenvalue weighted by Crippen LogP contribution is -2.16. The minimum absolute atomic E-state index is 0.0438. The van der Waals surface area contributed by atoms with Crippen molar-refractivity contribution in [2.45, 2.75) is 25.4 Å². The van der Waals surface area contributed by atoms with Crippen molar-refractivity contribution in [3.63, 3.8) is 0 Å². The van der Waals surface area contributed by atoms with E-state index in [1.807, 2.05) is 18.2 Å². The molecule has 0 N–H and O–H groups in total. The molecule has 1 atom stereocenters. The van der Waals surface area contributed by atoms with E-state index >= 15 is 0 Å². The molecule has 16 heavy (non-hydrogen) atoms. The first kappa shape index (κ1) is 12.9. The molecule has 0 saturated heterocycles. The van der Waals surface area contributed by atoms with Crippen molar-refractivity contribution in [1.29, 1.82) is 0 Å². The topological polar surface area (TPSA) is 35.5 Å². The summed E-state index contributed by atoms with van der Waals surface area (Å²) in [7, 11) is 1.58. The molecule has 0 heterocycles. The highest BCUT2D eigenvalue weighted by Gasteiger charge is 2.08. The van der Waals surface area contributed by atoms with E-state index < -0.39 is 0 Å². The van der Waals surface area contributed by atoms with Gasteiger partial charge in [-0.3, -0.25) is 0 Å². The molecule has 1 aromatic carbocycles. The number of carbonyl (C=O) groups is 1. The van der Waals surface area contributed by atoms with Crippen LogP contribution in [0, 0.1) is 0 Å². The minimum Gasteiger partial charge on any atom is -0.359 e. The number of carbonyl (C=O) groups excluding carboxylic acids is 1. The molecule has 1 aromatic rings. The molecule has 0 spiro atoms. The summed E-state index contributed by atoms with van der Waals surface area (Å²) in [6, 6.07) is 10.2. The van der Waals surface area contributed by atoms with Gasteiger partial charge in [0, 0.05) is 13.5 Å². The largest absolute Gasteiger partial charge is 0.359 e. The fourth-order valence-corrected chi connectivity index (χ4v) is 1.51. The maximum absolute atomic E-state index is 10.5. The van der Waals surface area contributed by atoms with Crippen LogP contribution in [-0.4, -0.2) is 26.3 Å². The lowest BCUT2D eigenvalue weighted by molar-refractivity contribution is -0.115. The van der Waals surface area contributed by atoms with Gasteiger partial charge in [0.25, 0.3) is 0 Å². The molecular weight excluding hydrogens is 204 g/mol. The monoisotopic (exact) mass is 222 g/mol. The molecule has 0 fully saturated rings. The fourth-order valence-electron chi connectivity index (χ4n) is 1.51. The smallest absolute Gasteiger partial charge is 0.146 e. The van der Waals surface area contributed by atoms with E-state index in [9.17, 15) is 4.79 Å². The Morgan fingerprint density at radius 3 is 2.69 bits per heavy atom. The van der Waals surface area contributed by atoms with Crippen molar-refractivity contribution < 1.29 is 14.3 Å². The van der Waals surface area contributed by atoms with Gasteiger partial charge in [-0.05, 0) is 18.4 Å². The predicted octanol–water partition coefficient (Wildman–Crippen LogP) is 2.20. The Bertz CT molecular complexity index is 284. The summed E-state index contributed by atoms with van der Waals surface area (Å²) >= 11 is 0. The number of aldehydes is 1. The van der Waals surface area contributed by atoms with Crippen molar-refractivity contribution >= 4 is 6.29 Å². The summed E-state index contributed by atoms with van der Waals surface area (Å²) in [5.41, 5.74) is 1.26. The maximum atomic E-state index is 10.5. The number of hydrogen-bond donors (Lipinski definition) is 0. The number of methoxy groups -OCH3 is 1. The minimum atomic E-state index is -0.0438. The van der Waals surface area contributed by atoms with Gasteiger partial charge in [0.2, 0.25) is 0 Å². The summed E-state index contributed by atoms with van der Waals surface area (Å²) in [5, 5.41) is 0. The Morgan fingerprint density at radius 1 is 1.31 bits per heavy atom. The lowest BCUT2D eigenvalue weighted by atomic mass is 10.1. The van der Waals surface area contributed by atoms with Crippen LogP contribution in [-0.2, 0) is 20.7 Å². The van der Waals surface area contributed by atoms with E-state index in [1.54, 1.807) is 7.11 Å². The summed E-state index contributed by atoms with van der Waals surface area (Å²) in [6.07, 6.45) is 3.04. The van der Waals surface area contributed by atoms with Gasteiger partial charge in [-0.1, -0.05) is 30.3 Å². The van der Waals surface area contributed by atoms with Crippen LogP contribution in [0.3, 0.4) is 0 Å². The quantitative estimate of drug-likeness (QED) is 0.499. The van der Waals surface area contributed by atoms with Gasteiger partial charge >= 0.3 is 0 Å². The van der Waals surface area contributed by atoms with Crippen LogP contribution >= 0.6 is 0 Å². The van der Waals surface area contributed by atoms with Gasteiger partial charge in [-0.25, -0.2) is 0 Å². The first-order valence-corrected chi connectivity index (χ1v) is 5.45. The van der Waals surface area contributed by atoms with Crippen LogP contribution in [0.25, 0.3) is 0 Å². The Morgan fingerprint density at radius 2 is 2.06 bits per heavy atom. The number of aryl methyl sites for hydroxylation is 1. The van der Waals surface area contributed by atoms with Gasteiger partial charge < -0.3 is 14.3 Å². The molecule has 0 radical (unpaired) electrons. The molecule has 0 amide bonds. The molecule has 0 aromatic heterocycles. The van der Waals surface area contributed by atoms with Gasteiger partial charge in [0.15, 0.2) is 0 Å². The van der Waals surface area contributed by atoms with Gasteiger partial charge in [0.1, 0.15) is 13.1 Å². The van der Waals surface area contributed by atoms with Gasteiger partial charge in [-0.15, -0.1) is 0 Å². The van der Waals surface area contributed by atoms with Crippen molar-refractivity contribution in [3.8, 4) is 0 Å². The second kappa shape index (κ2) is 8.02. The summed E-state index contributed by atoms with van der Waals surface area (Å²) in [5.74, 6) is 0. The SMILES string of the molecule is COCOC(CC=O)CCc1ccccc1. The van der Waals surface area contributed by atoms with Crippen molar-refractivity contribution in [2.75, 3.05) is 13.9 Å².